The number of hydrogen-bond donors (Lipinski definition) is 2. The summed E-state index contributed by atoms with van der Waals surface area (Å²) in [6, 6.07) is 0. The lowest BCUT2D eigenvalue weighted by atomic mass is 10.5. The molecule has 60 valence electrons. The molecule has 0 bridgehead atoms. The molecule has 0 aromatic rings. The van der Waals surface area contributed by atoms with E-state index in [2.05, 4.69) is 25.3 Å². The first kappa shape index (κ1) is 9.84. The molecular weight excluding hydrogens is 220 g/mol. The molecule has 1 heterocycles. The molecule has 0 spiro atoms. The lowest BCUT2D eigenvalue weighted by Gasteiger charge is -2.30. The minimum Gasteiger partial charge on any atom is -0.179 e. The lowest BCUT2D eigenvalue weighted by molar-refractivity contribution is 1.03. The van der Waals surface area contributed by atoms with Gasteiger partial charge in [0.1, 0.15) is 3.41 Å². The molecule has 1 saturated heterocycles. The van der Waals surface area contributed by atoms with E-state index in [9.17, 15) is 0 Å². The van der Waals surface area contributed by atoms with E-state index in [4.69, 9.17) is 0 Å². The average Bonchev–Trinajstić information content (AvgIpc) is 1.89. The van der Waals surface area contributed by atoms with Crippen LogP contribution >= 0.6 is 60.5 Å². The highest BCUT2D eigenvalue weighted by Crippen LogP contribution is 2.50. The normalized spacial score (nSPS) is 24.6. The van der Waals surface area contributed by atoms with Crippen LogP contribution in [-0.2, 0) is 0 Å². The van der Waals surface area contributed by atoms with E-state index in [1.165, 1.54) is 10.2 Å². The highest BCUT2D eigenvalue weighted by Gasteiger charge is 2.28. The minimum atomic E-state index is 0.160. The molecule has 0 aromatic heterocycles. The molecule has 1 aliphatic heterocycles. The first-order valence-electron chi connectivity index (χ1n) is 2.96. The van der Waals surface area contributed by atoms with E-state index in [-0.39, 0.29) is 3.41 Å². The van der Waals surface area contributed by atoms with Gasteiger partial charge in [-0.05, 0) is 12.2 Å². The maximum absolute atomic E-state index is 4.59. The highest BCUT2D eigenvalue weighted by atomic mass is 32.3. The van der Waals surface area contributed by atoms with E-state index in [1.54, 1.807) is 0 Å². The van der Waals surface area contributed by atoms with Crippen LogP contribution < -0.4 is 0 Å². The van der Waals surface area contributed by atoms with Gasteiger partial charge in [0.2, 0.25) is 0 Å². The summed E-state index contributed by atoms with van der Waals surface area (Å²) >= 11 is 14.6. The van der Waals surface area contributed by atoms with E-state index in [0.29, 0.717) is 0 Å². The molecule has 0 unspecified atom stereocenters. The van der Waals surface area contributed by atoms with E-state index in [0.717, 1.165) is 12.2 Å². The summed E-state index contributed by atoms with van der Waals surface area (Å²) in [5.41, 5.74) is 0. The highest BCUT2D eigenvalue weighted by molar-refractivity contribution is 8.39. The van der Waals surface area contributed by atoms with Gasteiger partial charge in [-0.25, -0.2) is 0 Å². The van der Waals surface area contributed by atoms with Crippen molar-refractivity contribution in [2.24, 2.45) is 0 Å². The zero-order valence-corrected chi connectivity index (χ0v) is 9.69. The molecule has 0 nitrogen and oxygen atoms in total. The Morgan fingerprint density at radius 3 is 2.40 bits per heavy atom. The van der Waals surface area contributed by atoms with Crippen molar-refractivity contribution in [1.29, 1.82) is 0 Å². The van der Waals surface area contributed by atoms with Crippen molar-refractivity contribution in [2.45, 2.75) is 9.83 Å². The Kier molecular flexibility index (Phi) is 4.62. The largest absolute Gasteiger partial charge is 0.179 e. The molecule has 0 aromatic carbocycles. The Morgan fingerprint density at radius 1 is 1.30 bits per heavy atom. The standard InChI is InChI=1S/C5H10S5/c6-2-1-5(7)9-3-8-4-10-5/h6-7H,1-4H2. The van der Waals surface area contributed by atoms with Gasteiger partial charge in [0, 0.05) is 10.2 Å². The van der Waals surface area contributed by atoms with Crippen molar-refractivity contribution in [1.82, 2.24) is 0 Å². The van der Waals surface area contributed by atoms with Crippen LogP contribution in [-0.4, -0.2) is 19.3 Å². The Labute approximate surface area is 85.9 Å². The Bertz CT molecular complexity index is 92.7. The summed E-state index contributed by atoms with van der Waals surface area (Å²) in [6.07, 6.45) is 1.09. The van der Waals surface area contributed by atoms with Gasteiger partial charge in [0.15, 0.2) is 0 Å². The Balaban J connectivity index is 2.32. The van der Waals surface area contributed by atoms with Gasteiger partial charge in [-0.15, -0.1) is 35.3 Å². The quantitative estimate of drug-likeness (QED) is 0.701. The zero-order chi connectivity index (χ0) is 7.45. The molecule has 0 N–H and O–H groups in total. The van der Waals surface area contributed by atoms with Crippen LogP contribution in [0.5, 0.6) is 0 Å². The Hall–Kier alpha value is 1.75. The van der Waals surface area contributed by atoms with Crippen LogP contribution in [0.3, 0.4) is 0 Å². The van der Waals surface area contributed by atoms with Gasteiger partial charge >= 0.3 is 0 Å². The first-order valence-corrected chi connectivity index (χ1v) is 7.16. The summed E-state index contributed by atoms with van der Waals surface area (Å²) in [5, 5.41) is 2.37. The summed E-state index contributed by atoms with van der Waals surface area (Å²) in [4.78, 5) is 0. The molecule has 10 heavy (non-hydrogen) atoms. The van der Waals surface area contributed by atoms with Crippen molar-refractivity contribution in [3.8, 4) is 0 Å². The van der Waals surface area contributed by atoms with Crippen molar-refractivity contribution >= 4 is 60.5 Å². The van der Waals surface area contributed by atoms with E-state index in [1.807, 2.05) is 35.3 Å². The number of rotatable bonds is 2. The van der Waals surface area contributed by atoms with Gasteiger partial charge in [0.25, 0.3) is 0 Å². The third-order valence-corrected chi connectivity index (χ3v) is 6.68. The third kappa shape index (κ3) is 3.01. The third-order valence-electron chi connectivity index (χ3n) is 1.16. The second-order valence-electron chi connectivity index (χ2n) is 1.91. The van der Waals surface area contributed by atoms with Gasteiger partial charge in [0.05, 0.1) is 0 Å². The molecule has 5 heteroatoms. The fourth-order valence-electron chi connectivity index (χ4n) is 0.629. The SMILES string of the molecule is SCCC1(S)SCSCS1. The second-order valence-corrected chi connectivity index (χ2v) is 8.25. The maximum Gasteiger partial charge on any atom is 0.106 e. The molecule has 0 atom stereocenters. The van der Waals surface area contributed by atoms with Gasteiger partial charge in [-0.3, -0.25) is 0 Å². The van der Waals surface area contributed by atoms with E-state index < -0.39 is 0 Å². The topological polar surface area (TPSA) is 0 Å². The second kappa shape index (κ2) is 4.70. The predicted molar refractivity (Wildman–Crippen MR) is 62.7 cm³/mol. The first-order chi connectivity index (χ1) is 4.77. The molecular formula is C5H10S5. The van der Waals surface area contributed by atoms with Crippen LogP contribution in [0.15, 0.2) is 0 Å². The molecule has 1 rings (SSSR count). The molecule has 0 amide bonds. The summed E-state index contributed by atoms with van der Waals surface area (Å²) in [7, 11) is 0. The van der Waals surface area contributed by atoms with Crippen LogP contribution in [0.2, 0.25) is 0 Å². The molecule has 1 fully saturated rings. The van der Waals surface area contributed by atoms with Crippen molar-refractivity contribution in [3.05, 3.63) is 0 Å². The molecule has 0 saturated carbocycles. The number of thiol groups is 2. The predicted octanol–water partition coefficient (Wildman–Crippen LogP) is 3.02. The fraction of sp³-hybridized carbons (Fsp3) is 1.00. The van der Waals surface area contributed by atoms with E-state index >= 15 is 0 Å². The summed E-state index contributed by atoms with van der Waals surface area (Å²) in [6.45, 7) is 0. The van der Waals surface area contributed by atoms with Crippen LogP contribution in [0, 0.1) is 0 Å². The lowest BCUT2D eigenvalue weighted by Crippen LogP contribution is -2.16. The van der Waals surface area contributed by atoms with Crippen molar-refractivity contribution in [2.75, 3.05) is 15.9 Å². The zero-order valence-electron chi connectivity index (χ0n) is 5.45. The molecule has 0 aliphatic carbocycles. The molecule has 0 radical (unpaired) electrons. The molecule has 1 aliphatic rings. The van der Waals surface area contributed by atoms with Crippen LogP contribution in [0.4, 0.5) is 0 Å². The monoisotopic (exact) mass is 230 g/mol. The maximum atomic E-state index is 4.59. The van der Waals surface area contributed by atoms with Gasteiger partial charge in [-0.1, -0.05) is 0 Å². The summed E-state index contributed by atoms with van der Waals surface area (Å²) < 4.78 is 0.160. The van der Waals surface area contributed by atoms with Crippen molar-refractivity contribution in [3.63, 3.8) is 0 Å². The van der Waals surface area contributed by atoms with Crippen LogP contribution in [0.1, 0.15) is 6.42 Å². The van der Waals surface area contributed by atoms with Crippen LogP contribution in [0.25, 0.3) is 0 Å². The van der Waals surface area contributed by atoms with Gasteiger partial charge < -0.3 is 0 Å². The fourth-order valence-corrected chi connectivity index (χ4v) is 7.22. The van der Waals surface area contributed by atoms with Gasteiger partial charge in [-0.2, -0.15) is 25.3 Å². The summed E-state index contributed by atoms with van der Waals surface area (Å²) in [5.74, 6) is 0.939. The van der Waals surface area contributed by atoms with Crippen molar-refractivity contribution < 1.29 is 0 Å². The number of hydrogen-bond acceptors (Lipinski definition) is 5. The number of thioether (sulfide) groups is 3. The average molecular weight is 230 g/mol. The smallest absolute Gasteiger partial charge is 0.106 e. The minimum absolute atomic E-state index is 0.160. The Morgan fingerprint density at radius 2 is 1.90 bits per heavy atom.